The molecule has 0 fully saturated rings. The molecule has 0 unspecified atom stereocenters. The molecule has 5 heteroatoms. The largest absolute Gasteiger partial charge is 0.383 e. The molecule has 0 aliphatic rings. The topological polar surface area (TPSA) is 50.3 Å². The number of ether oxygens (including phenoxy) is 1. The van der Waals surface area contributed by atoms with Crippen LogP contribution in [0.1, 0.15) is 19.4 Å². The van der Waals surface area contributed by atoms with Gasteiger partial charge in [0.15, 0.2) is 0 Å². The van der Waals surface area contributed by atoms with Crippen molar-refractivity contribution in [3.63, 3.8) is 0 Å². The summed E-state index contributed by atoms with van der Waals surface area (Å²) in [7, 11) is 3.66. The third-order valence-electron chi connectivity index (χ3n) is 2.55. The molecular weight excluding hydrogens is 228 g/mol. The molecule has 0 saturated carbocycles. The van der Waals surface area contributed by atoms with Crippen molar-refractivity contribution in [2.45, 2.75) is 20.4 Å². The molecule has 0 atom stereocenters. The molecule has 18 heavy (non-hydrogen) atoms. The molecule has 0 amide bonds. The Kier molecular flexibility index (Phi) is 6.60. The van der Waals surface area contributed by atoms with Gasteiger partial charge in [-0.1, -0.05) is 13.8 Å². The first-order chi connectivity index (χ1) is 8.63. The number of rotatable bonds is 8. The van der Waals surface area contributed by atoms with Crippen LogP contribution in [0.15, 0.2) is 12.4 Å². The minimum absolute atomic E-state index is 0.658. The molecule has 5 nitrogen and oxygen atoms in total. The van der Waals surface area contributed by atoms with Crippen molar-refractivity contribution in [3.05, 3.63) is 18.0 Å². The van der Waals surface area contributed by atoms with Gasteiger partial charge in [0.1, 0.15) is 0 Å². The number of hydrogen-bond donors (Lipinski definition) is 1. The number of aromatic nitrogens is 2. The number of anilines is 1. The van der Waals surface area contributed by atoms with Gasteiger partial charge in [0.05, 0.1) is 6.61 Å². The highest BCUT2D eigenvalue weighted by Crippen LogP contribution is 2.04. The maximum absolute atomic E-state index is 5.03. The van der Waals surface area contributed by atoms with Gasteiger partial charge in [-0.2, -0.15) is 0 Å². The van der Waals surface area contributed by atoms with Crippen LogP contribution in [0.3, 0.4) is 0 Å². The zero-order chi connectivity index (χ0) is 13.4. The third kappa shape index (κ3) is 5.42. The Morgan fingerprint density at radius 2 is 2.00 bits per heavy atom. The monoisotopic (exact) mass is 252 g/mol. The van der Waals surface area contributed by atoms with E-state index in [1.807, 2.05) is 24.3 Å². The second-order valence-corrected chi connectivity index (χ2v) is 4.83. The van der Waals surface area contributed by atoms with Crippen LogP contribution in [0.2, 0.25) is 0 Å². The lowest BCUT2D eigenvalue weighted by Crippen LogP contribution is -2.24. The zero-order valence-electron chi connectivity index (χ0n) is 11.8. The minimum Gasteiger partial charge on any atom is -0.383 e. The molecule has 0 aromatic carbocycles. The first-order valence-corrected chi connectivity index (χ1v) is 6.35. The van der Waals surface area contributed by atoms with Crippen molar-refractivity contribution in [3.8, 4) is 0 Å². The maximum Gasteiger partial charge on any atom is 0.225 e. The smallest absolute Gasteiger partial charge is 0.225 e. The van der Waals surface area contributed by atoms with Crippen molar-refractivity contribution in [2.75, 3.05) is 38.8 Å². The van der Waals surface area contributed by atoms with E-state index >= 15 is 0 Å². The molecule has 1 heterocycles. The van der Waals surface area contributed by atoms with Crippen molar-refractivity contribution >= 4 is 5.95 Å². The number of likely N-dealkylation sites (N-methyl/N-ethyl adjacent to an activating group) is 1. The van der Waals surface area contributed by atoms with Crippen LogP contribution in [0.25, 0.3) is 0 Å². The molecule has 0 radical (unpaired) electrons. The lowest BCUT2D eigenvalue weighted by molar-refractivity contribution is 0.206. The summed E-state index contributed by atoms with van der Waals surface area (Å²) in [6, 6.07) is 0. The van der Waals surface area contributed by atoms with E-state index in [1.165, 1.54) is 0 Å². The number of nitrogens with one attached hydrogen (secondary N) is 1. The highest BCUT2D eigenvalue weighted by molar-refractivity contribution is 5.28. The van der Waals surface area contributed by atoms with E-state index in [4.69, 9.17) is 4.74 Å². The van der Waals surface area contributed by atoms with Crippen LogP contribution in [-0.2, 0) is 11.3 Å². The van der Waals surface area contributed by atoms with Gasteiger partial charge in [0, 0.05) is 45.2 Å². The Morgan fingerprint density at radius 3 is 2.56 bits per heavy atom. The SMILES string of the molecule is COCCN(C)c1ncc(CNCC(C)C)cn1. The lowest BCUT2D eigenvalue weighted by Gasteiger charge is -2.16. The van der Waals surface area contributed by atoms with E-state index < -0.39 is 0 Å². The molecule has 0 aliphatic carbocycles. The van der Waals surface area contributed by atoms with Crippen molar-refractivity contribution in [1.82, 2.24) is 15.3 Å². The molecule has 0 bridgehead atoms. The molecule has 0 aliphatic heterocycles. The Morgan fingerprint density at radius 1 is 1.33 bits per heavy atom. The van der Waals surface area contributed by atoms with Gasteiger partial charge in [0.25, 0.3) is 0 Å². The van der Waals surface area contributed by atoms with E-state index in [1.54, 1.807) is 7.11 Å². The molecule has 0 spiro atoms. The van der Waals surface area contributed by atoms with Gasteiger partial charge in [-0.05, 0) is 12.5 Å². The summed E-state index contributed by atoms with van der Waals surface area (Å²) >= 11 is 0. The minimum atomic E-state index is 0.658. The summed E-state index contributed by atoms with van der Waals surface area (Å²) in [6.45, 7) is 7.68. The maximum atomic E-state index is 5.03. The Balaban J connectivity index is 2.41. The van der Waals surface area contributed by atoms with Crippen LogP contribution in [0, 0.1) is 5.92 Å². The van der Waals surface area contributed by atoms with Crippen LogP contribution in [-0.4, -0.2) is 43.8 Å². The highest BCUT2D eigenvalue weighted by atomic mass is 16.5. The van der Waals surface area contributed by atoms with Gasteiger partial charge in [-0.25, -0.2) is 9.97 Å². The summed E-state index contributed by atoms with van der Waals surface area (Å²) < 4.78 is 5.03. The van der Waals surface area contributed by atoms with Gasteiger partial charge in [0.2, 0.25) is 5.95 Å². The number of hydrogen-bond acceptors (Lipinski definition) is 5. The van der Waals surface area contributed by atoms with Crippen LogP contribution < -0.4 is 10.2 Å². The van der Waals surface area contributed by atoms with Crippen LogP contribution in [0.5, 0.6) is 0 Å². The fraction of sp³-hybridized carbons (Fsp3) is 0.692. The second-order valence-electron chi connectivity index (χ2n) is 4.83. The van der Waals surface area contributed by atoms with E-state index in [2.05, 4.69) is 29.1 Å². The third-order valence-corrected chi connectivity index (χ3v) is 2.55. The molecule has 0 saturated heterocycles. The van der Waals surface area contributed by atoms with E-state index in [9.17, 15) is 0 Å². The summed E-state index contributed by atoms with van der Waals surface area (Å²) in [5.41, 5.74) is 1.11. The lowest BCUT2D eigenvalue weighted by atomic mass is 10.2. The number of nitrogens with zero attached hydrogens (tertiary/aromatic N) is 3. The molecular formula is C13H24N4O. The fourth-order valence-corrected chi connectivity index (χ4v) is 1.47. The van der Waals surface area contributed by atoms with E-state index in [0.717, 1.165) is 31.1 Å². The van der Waals surface area contributed by atoms with Crippen molar-refractivity contribution in [1.29, 1.82) is 0 Å². The Labute approximate surface area is 110 Å². The zero-order valence-corrected chi connectivity index (χ0v) is 11.8. The normalized spacial score (nSPS) is 10.9. The van der Waals surface area contributed by atoms with E-state index in [-0.39, 0.29) is 0 Å². The van der Waals surface area contributed by atoms with E-state index in [0.29, 0.717) is 12.5 Å². The second kappa shape index (κ2) is 8.00. The van der Waals surface area contributed by atoms with Crippen molar-refractivity contribution in [2.24, 2.45) is 5.92 Å². The predicted octanol–water partition coefficient (Wildman–Crippen LogP) is 1.30. The van der Waals surface area contributed by atoms with Gasteiger partial charge in [-0.15, -0.1) is 0 Å². The molecule has 1 aromatic heterocycles. The number of methoxy groups -OCH3 is 1. The predicted molar refractivity (Wildman–Crippen MR) is 73.7 cm³/mol. The summed E-state index contributed by atoms with van der Waals surface area (Å²) in [5, 5.41) is 3.37. The summed E-state index contributed by atoms with van der Waals surface area (Å²) in [4.78, 5) is 10.7. The first kappa shape index (κ1) is 14.9. The molecule has 1 N–H and O–H groups in total. The first-order valence-electron chi connectivity index (χ1n) is 6.35. The van der Waals surface area contributed by atoms with Crippen molar-refractivity contribution < 1.29 is 4.74 Å². The molecule has 1 rings (SSSR count). The van der Waals surface area contributed by atoms with Gasteiger partial charge < -0.3 is 15.0 Å². The molecule has 102 valence electrons. The quantitative estimate of drug-likeness (QED) is 0.756. The average Bonchev–Trinajstić information content (AvgIpc) is 2.36. The van der Waals surface area contributed by atoms with Gasteiger partial charge in [-0.3, -0.25) is 0 Å². The fourth-order valence-electron chi connectivity index (χ4n) is 1.47. The summed E-state index contributed by atoms with van der Waals surface area (Å²) in [6.07, 6.45) is 3.75. The Bertz CT molecular complexity index is 326. The van der Waals surface area contributed by atoms with Crippen LogP contribution in [0.4, 0.5) is 5.95 Å². The summed E-state index contributed by atoms with van der Waals surface area (Å²) in [5.74, 6) is 1.39. The molecule has 1 aromatic rings. The van der Waals surface area contributed by atoms with Gasteiger partial charge >= 0.3 is 0 Å². The standard InChI is InChI=1S/C13H24N4O/c1-11(2)7-14-8-12-9-15-13(16-10-12)17(3)5-6-18-4/h9-11,14H,5-8H2,1-4H3. The highest BCUT2D eigenvalue weighted by Gasteiger charge is 2.03. The average molecular weight is 252 g/mol. The Hall–Kier alpha value is -1.20. The van der Waals surface area contributed by atoms with Crippen LogP contribution >= 0.6 is 0 Å².